The van der Waals surface area contributed by atoms with E-state index < -0.39 is 0 Å². The minimum Gasteiger partial charge on any atom is -0.460 e. The lowest BCUT2D eigenvalue weighted by atomic mass is 9.80. The lowest BCUT2D eigenvalue weighted by molar-refractivity contribution is -0.152. The van der Waals surface area contributed by atoms with Gasteiger partial charge < -0.3 is 9.53 Å². The summed E-state index contributed by atoms with van der Waals surface area (Å²) in [6, 6.07) is 19.7. The van der Waals surface area contributed by atoms with Crippen molar-refractivity contribution in [2.45, 2.75) is 44.2 Å². The smallest absolute Gasteiger partial charge is 0.323 e. The van der Waals surface area contributed by atoms with E-state index in [2.05, 4.69) is 17.0 Å². The number of carbonyl (C=O) groups is 2. The molecule has 0 amide bonds. The molecule has 152 valence electrons. The molecule has 2 aliphatic rings. The Balaban J connectivity index is 1.47. The Morgan fingerprint density at radius 1 is 1.03 bits per heavy atom. The number of nitrogens with zero attached hydrogens (tertiary/aromatic N) is 1. The van der Waals surface area contributed by atoms with Crippen LogP contribution in [0.1, 0.15) is 42.7 Å². The summed E-state index contributed by atoms with van der Waals surface area (Å²) in [7, 11) is 0. The summed E-state index contributed by atoms with van der Waals surface area (Å²) in [5.41, 5.74) is 2.17. The molecule has 0 N–H and O–H groups in total. The highest BCUT2D eigenvalue weighted by Gasteiger charge is 2.41. The molecule has 1 saturated heterocycles. The molecule has 3 atom stereocenters. The highest BCUT2D eigenvalue weighted by Crippen LogP contribution is 2.37. The van der Waals surface area contributed by atoms with Crippen LogP contribution in [0.4, 0.5) is 0 Å². The zero-order valence-electron chi connectivity index (χ0n) is 16.8. The zero-order valence-corrected chi connectivity index (χ0v) is 16.8. The standard InChI is InChI=1S/C25H29NO3/c27-17-22-15-26(16-23(22)21-12-5-2-6-13-21)24(14-19-10-7-11-19)25(28)29-18-20-8-3-1-4-9-20/h1-6,8-9,12-13,17,19,22-24H,7,10-11,14-16,18H2. The molecule has 0 spiro atoms. The van der Waals surface area contributed by atoms with Crippen LogP contribution < -0.4 is 0 Å². The van der Waals surface area contributed by atoms with Gasteiger partial charge >= 0.3 is 5.97 Å². The topological polar surface area (TPSA) is 46.6 Å². The molecule has 0 bridgehead atoms. The molecule has 29 heavy (non-hydrogen) atoms. The molecule has 4 nitrogen and oxygen atoms in total. The first-order chi connectivity index (χ1) is 14.2. The van der Waals surface area contributed by atoms with Gasteiger partial charge in [0.1, 0.15) is 18.9 Å². The number of hydrogen-bond acceptors (Lipinski definition) is 4. The highest BCUT2D eigenvalue weighted by atomic mass is 16.5. The van der Waals surface area contributed by atoms with E-state index >= 15 is 0 Å². The van der Waals surface area contributed by atoms with Crippen molar-refractivity contribution in [2.75, 3.05) is 13.1 Å². The van der Waals surface area contributed by atoms with Gasteiger partial charge in [-0.1, -0.05) is 79.9 Å². The van der Waals surface area contributed by atoms with Gasteiger partial charge in [0.25, 0.3) is 0 Å². The molecule has 1 aliphatic heterocycles. The van der Waals surface area contributed by atoms with Crippen LogP contribution in [0, 0.1) is 11.8 Å². The molecule has 0 aromatic heterocycles. The maximum Gasteiger partial charge on any atom is 0.323 e. The monoisotopic (exact) mass is 391 g/mol. The number of esters is 1. The number of benzene rings is 2. The first kappa shape index (κ1) is 19.8. The van der Waals surface area contributed by atoms with Crippen LogP contribution in [0.15, 0.2) is 60.7 Å². The van der Waals surface area contributed by atoms with Crippen molar-refractivity contribution in [2.24, 2.45) is 11.8 Å². The van der Waals surface area contributed by atoms with Crippen molar-refractivity contribution < 1.29 is 14.3 Å². The molecule has 3 unspecified atom stereocenters. The number of hydrogen-bond donors (Lipinski definition) is 0. The first-order valence-corrected chi connectivity index (χ1v) is 10.7. The average molecular weight is 392 g/mol. The third-order valence-corrected chi connectivity index (χ3v) is 6.51. The van der Waals surface area contributed by atoms with Gasteiger partial charge in [-0.15, -0.1) is 0 Å². The fraction of sp³-hybridized carbons (Fsp3) is 0.440. The minimum atomic E-state index is -0.264. The summed E-state index contributed by atoms with van der Waals surface area (Å²) in [6.07, 6.45) is 5.53. The van der Waals surface area contributed by atoms with E-state index in [1.807, 2.05) is 48.5 Å². The van der Waals surface area contributed by atoms with Gasteiger partial charge in [0.15, 0.2) is 0 Å². The van der Waals surface area contributed by atoms with E-state index in [4.69, 9.17) is 4.74 Å². The van der Waals surface area contributed by atoms with Gasteiger partial charge in [-0.25, -0.2) is 0 Å². The van der Waals surface area contributed by atoms with E-state index in [9.17, 15) is 9.59 Å². The second-order valence-corrected chi connectivity index (χ2v) is 8.41. The molecular formula is C25H29NO3. The van der Waals surface area contributed by atoms with Crippen LogP contribution in [0.2, 0.25) is 0 Å². The third-order valence-electron chi connectivity index (χ3n) is 6.51. The maximum atomic E-state index is 13.1. The van der Waals surface area contributed by atoms with Crippen molar-refractivity contribution in [1.29, 1.82) is 0 Å². The molecule has 4 heteroatoms. The number of rotatable bonds is 8. The Hall–Kier alpha value is -2.46. The van der Waals surface area contributed by atoms with Gasteiger partial charge in [0.05, 0.1) is 0 Å². The predicted molar refractivity (Wildman–Crippen MR) is 112 cm³/mol. The van der Waals surface area contributed by atoms with Crippen LogP contribution in [-0.2, 0) is 20.9 Å². The van der Waals surface area contributed by atoms with E-state index in [1.165, 1.54) is 24.8 Å². The van der Waals surface area contributed by atoms with Gasteiger partial charge in [-0.3, -0.25) is 9.69 Å². The minimum absolute atomic E-state index is 0.0804. The third kappa shape index (κ3) is 4.76. The molecule has 4 rings (SSSR count). The van der Waals surface area contributed by atoms with E-state index in [0.717, 1.165) is 24.8 Å². The van der Waals surface area contributed by atoms with Crippen LogP contribution >= 0.6 is 0 Å². The fourth-order valence-electron chi connectivity index (χ4n) is 4.57. The molecular weight excluding hydrogens is 362 g/mol. The van der Waals surface area contributed by atoms with Crippen LogP contribution in [0.3, 0.4) is 0 Å². The SMILES string of the molecule is O=CC1CN(C(CC2CCC2)C(=O)OCc2ccccc2)CC1c1ccccc1. The molecule has 2 aromatic carbocycles. The summed E-state index contributed by atoms with van der Waals surface area (Å²) in [4.78, 5) is 27.0. The summed E-state index contributed by atoms with van der Waals surface area (Å²) >= 11 is 0. The molecule has 2 fully saturated rings. The maximum absolute atomic E-state index is 13.1. The van der Waals surface area contributed by atoms with Gasteiger partial charge in [0.2, 0.25) is 0 Å². The summed E-state index contributed by atoms with van der Waals surface area (Å²) in [5, 5.41) is 0. The molecule has 2 aromatic rings. The van der Waals surface area contributed by atoms with Crippen molar-refractivity contribution in [3.63, 3.8) is 0 Å². The number of ether oxygens (including phenoxy) is 1. The molecule has 1 heterocycles. The second kappa shape index (κ2) is 9.36. The Labute approximate surface area is 172 Å². The van der Waals surface area contributed by atoms with Crippen molar-refractivity contribution in [3.05, 3.63) is 71.8 Å². The van der Waals surface area contributed by atoms with E-state index in [1.54, 1.807) is 0 Å². The van der Waals surface area contributed by atoms with E-state index in [0.29, 0.717) is 19.1 Å². The Kier molecular flexibility index (Phi) is 6.40. The van der Waals surface area contributed by atoms with Gasteiger partial charge in [-0.05, 0) is 23.5 Å². The normalized spacial score (nSPS) is 23.3. The lowest BCUT2D eigenvalue weighted by Crippen LogP contribution is -2.43. The fourth-order valence-corrected chi connectivity index (χ4v) is 4.57. The highest BCUT2D eigenvalue weighted by molar-refractivity contribution is 5.76. The zero-order chi connectivity index (χ0) is 20.1. The number of carbonyl (C=O) groups excluding carboxylic acids is 2. The number of aldehydes is 1. The summed E-state index contributed by atoms with van der Waals surface area (Å²) in [5.74, 6) is 0.497. The van der Waals surface area contributed by atoms with Crippen molar-refractivity contribution in [3.8, 4) is 0 Å². The van der Waals surface area contributed by atoms with Crippen molar-refractivity contribution >= 4 is 12.3 Å². The lowest BCUT2D eigenvalue weighted by Gasteiger charge is -2.33. The van der Waals surface area contributed by atoms with Crippen LogP contribution in [0.5, 0.6) is 0 Å². The quantitative estimate of drug-likeness (QED) is 0.500. The van der Waals surface area contributed by atoms with Crippen molar-refractivity contribution in [1.82, 2.24) is 4.90 Å². The van der Waals surface area contributed by atoms with E-state index in [-0.39, 0.29) is 23.8 Å². The second-order valence-electron chi connectivity index (χ2n) is 8.41. The largest absolute Gasteiger partial charge is 0.460 e. The first-order valence-electron chi connectivity index (χ1n) is 10.7. The average Bonchev–Trinajstić information content (AvgIpc) is 3.17. The summed E-state index contributed by atoms with van der Waals surface area (Å²) < 4.78 is 5.71. The Bertz CT molecular complexity index is 803. The van der Waals surface area contributed by atoms with Crippen LogP contribution in [-0.4, -0.2) is 36.3 Å². The molecule has 1 aliphatic carbocycles. The molecule has 1 saturated carbocycles. The summed E-state index contributed by atoms with van der Waals surface area (Å²) in [6.45, 7) is 1.65. The Morgan fingerprint density at radius 2 is 1.72 bits per heavy atom. The Morgan fingerprint density at radius 3 is 2.34 bits per heavy atom. The predicted octanol–water partition coefficient (Wildman–Crippen LogP) is 4.20. The molecule has 0 radical (unpaired) electrons. The van der Waals surface area contributed by atoms with Gasteiger partial charge in [-0.2, -0.15) is 0 Å². The number of likely N-dealkylation sites (tertiary alicyclic amines) is 1. The van der Waals surface area contributed by atoms with Gasteiger partial charge in [0, 0.05) is 24.9 Å². The van der Waals surface area contributed by atoms with Crippen LogP contribution in [0.25, 0.3) is 0 Å².